The summed E-state index contributed by atoms with van der Waals surface area (Å²) in [6.07, 6.45) is 5.20. The summed E-state index contributed by atoms with van der Waals surface area (Å²) in [6, 6.07) is 156. The van der Waals surface area contributed by atoms with Crippen LogP contribution in [0.1, 0.15) is 17.1 Å². The average molecular weight is 1840 g/mol. The minimum Gasteiger partial charge on any atom is -0.319 e. The van der Waals surface area contributed by atoms with Crippen molar-refractivity contribution in [1.82, 2.24) is 42.4 Å². The first-order valence-corrected chi connectivity index (χ1v) is 47.2. The van der Waals surface area contributed by atoms with Gasteiger partial charge in [0.1, 0.15) is 35.3 Å². The van der Waals surface area contributed by atoms with E-state index >= 15 is 0 Å². The lowest BCUT2D eigenvalue weighted by Crippen LogP contribution is -1.99. The lowest BCUT2D eigenvalue weighted by molar-refractivity contribution is 1.15. The first kappa shape index (κ1) is 84.9. The molecule has 0 aliphatic rings. The van der Waals surface area contributed by atoms with E-state index in [1.807, 2.05) is 200 Å². The maximum Gasteiger partial charge on any atom is 0.211 e. The predicted octanol–water partition coefficient (Wildman–Crippen LogP) is 33.1. The highest BCUT2D eigenvalue weighted by molar-refractivity contribution is 6.28. The van der Waals surface area contributed by atoms with Crippen molar-refractivity contribution < 1.29 is 0 Å². The number of hydrogen-bond acceptors (Lipinski definition) is 6. The summed E-state index contributed by atoms with van der Waals surface area (Å²) in [4.78, 5) is 25.7. The van der Waals surface area contributed by atoms with Gasteiger partial charge in [-0.3, -0.25) is 0 Å². The van der Waals surface area contributed by atoms with Gasteiger partial charge in [0.2, 0.25) is 17.1 Å². The Morgan fingerprint density at radius 3 is 0.854 bits per heavy atom. The molecule has 144 heavy (non-hydrogen) atoms. The van der Waals surface area contributed by atoms with Crippen LogP contribution in [-0.4, -0.2) is 42.4 Å². The van der Waals surface area contributed by atoms with Crippen LogP contribution in [0.2, 0.25) is 0 Å². The van der Waals surface area contributed by atoms with Crippen LogP contribution in [0.15, 0.2) is 455 Å². The monoisotopic (exact) mass is 1830 g/mol. The zero-order chi connectivity index (χ0) is 96.6. The van der Waals surface area contributed by atoms with E-state index in [0.717, 1.165) is 199 Å². The van der Waals surface area contributed by atoms with Crippen LogP contribution in [0.4, 0.5) is 17.1 Å². The number of nitrogens with zero attached hydrogens (tertiary/aromatic N) is 15. The molecule has 0 N–H and O–H groups in total. The molecule has 15 heteroatoms. The Bertz CT molecular complexity index is 10200. The second kappa shape index (κ2) is 35.4. The Hall–Kier alpha value is -20.9. The molecule has 9 heterocycles. The van der Waals surface area contributed by atoms with Gasteiger partial charge in [-0.25, -0.2) is 29.5 Å². The molecule has 0 radical (unpaired) electrons. The van der Waals surface area contributed by atoms with Gasteiger partial charge >= 0.3 is 0 Å². The van der Waals surface area contributed by atoms with Crippen LogP contribution in [0.25, 0.3) is 246 Å². The molecule has 0 bridgehead atoms. The summed E-state index contributed by atoms with van der Waals surface area (Å²) < 4.78 is 13.7. The highest BCUT2D eigenvalue weighted by Crippen LogP contribution is 2.50. The van der Waals surface area contributed by atoms with Crippen molar-refractivity contribution in [2.75, 3.05) is 0 Å². The summed E-state index contributed by atoms with van der Waals surface area (Å²) in [5.41, 5.74) is 31.1. The van der Waals surface area contributed by atoms with E-state index in [4.69, 9.17) is 19.7 Å². The van der Waals surface area contributed by atoms with Crippen molar-refractivity contribution in [3.63, 3.8) is 0 Å². The smallest absolute Gasteiger partial charge is 0.211 e. The van der Waals surface area contributed by atoms with Crippen LogP contribution in [0.3, 0.4) is 0 Å². The third-order valence-corrected chi connectivity index (χ3v) is 27.7. The zero-order valence-corrected chi connectivity index (χ0v) is 77.0. The molecule has 0 amide bonds. The molecule has 0 aliphatic heterocycles. The van der Waals surface area contributed by atoms with E-state index in [0.29, 0.717) is 50.8 Å². The first-order chi connectivity index (χ1) is 71.2. The molecule has 0 saturated carbocycles. The molecule has 0 unspecified atom stereocenters. The van der Waals surface area contributed by atoms with Crippen molar-refractivity contribution >= 4 is 148 Å². The minimum atomic E-state index is 0.323. The molecule has 18 aromatic carbocycles. The molecule has 0 spiro atoms. The van der Waals surface area contributed by atoms with E-state index in [2.05, 4.69) is 312 Å². The molecule has 0 saturated heterocycles. The minimum absolute atomic E-state index is 0.323. The second-order valence-electron chi connectivity index (χ2n) is 35.5. The Morgan fingerprint density at radius 2 is 0.472 bits per heavy atom. The van der Waals surface area contributed by atoms with Gasteiger partial charge in [-0.1, -0.05) is 291 Å². The van der Waals surface area contributed by atoms with Crippen LogP contribution in [0, 0.1) is 53.7 Å². The maximum absolute atomic E-state index is 10.0. The summed E-state index contributed by atoms with van der Waals surface area (Å²) in [5.74, 6) is 0. The van der Waals surface area contributed by atoms with Crippen molar-refractivity contribution in [3.8, 4) is 119 Å². The lowest BCUT2D eigenvalue weighted by Gasteiger charge is -2.15. The second-order valence-corrected chi connectivity index (χ2v) is 35.5. The standard InChI is InChI=1S/3C43H25N5/c1-45-37-25-29(36-24-30(27-46-38(36)26-44)28-12-4-2-5-13-28)20-23-41(37)48-40-19-11-9-17-33(40)35-22-21-34-32-16-8-10-18-39(32)47(42(34)43(35)48)31-14-6-3-7-15-31;1-45-36-25-29(35-24-30(27-46-37(35)26-44)28-12-4-2-5-13-28)20-22-40(36)48-38-18-10-8-16-32(38)33-21-23-41-42(43(33)48)34-17-9-11-19-39(34)47(41)31-14-6-3-7-15-31;1-45-37-23-29(34-22-30(27-46-38(34)26-44)28-12-4-2-5-13-28)20-21-41(37)48-40-19-11-9-17-33(40)36-24-35-32-16-8-10-18-39(32)47(42(35)25-43(36)48)31-14-6-3-7-15-31/h3*2-25,27H. The van der Waals surface area contributed by atoms with Gasteiger partial charge in [0.25, 0.3) is 0 Å². The molecule has 666 valence electrons. The first-order valence-electron chi connectivity index (χ1n) is 47.2. The zero-order valence-electron chi connectivity index (χ0n) is 77.0. The summed E-state index contributed by atoms with van der Waals surface area (Å²) in [5, 5.41) is 43.7. The highest BCUT2D eigenvalue weighted by Gasteiger charge is 2.29. The van der Waals surface area contributed by atoms with Crippen LogP contribution in [0.5, 0.6) is 0 Å². The molecule has 27 rings (SSSR count). The van der Waals surface area contributed by atoms with Gasteiger partial charge in [0.05, 0.1) is 103 Å². The van der Waals surface area contributed by atoms with Crippen LogP contribution in [-0.2, 0) is 0 Å². The van der Waals surface area contributed by atoms with Crippen LogP contribution >= 0.6 is 0 Å². The lowest BCUT2D eigenvalue weighted by atomic mass is 9.98. The Labute approximate surface area is 826 Å². The summed E-state index contributed by atoms with van der Waals surface area (Å²) in [6.45, 7) is 25.1. The van der Waals surface area contributed by atoms with Gasteiger partial charge in [-0.05, 0) is 179 Å². The van der Waals surface area contributed by atoms with Crippen LogP contribution < -0.4 is 0 Å². The number of fused-ring (bicyclic) bond motifs is 20. The highest BCUT2D eigenvalue weighted by atomic mass is 15.1. The number of para-hydroxylation sites is 9. The summed E-state index contributed by atoms with van der Waals surface area (Å²) >= 11 is 0. The Kier molecular flexibility index (Phi) is 20.8. The number of nitriles is 3. The van der Waals surface area contributed by atoms with Gasteiger partial charge < -0.3 is 27.4 Å². The van der Waals surface area contributed by atoms with Gasteiger partial charge in [-0.2, -0.15) is 15.8 Å². The van der Waals surface area contributed by atoms with Gasteiger partial charge in [0.15, 0.2) is 0 Å². The largest absolute Gasteiger partial charge is 0.319 e. The summed E-state index contributed by atoms with van der Waals surface area (Å²) in [7, 11) is 0. The molecule has 9 aromatic heterocycles. The molecule has 27 aromatic rings. The number of aromatic nitrogens is 9. The van der Waals surface area contributed by atoms with E-state index in [-0.39, 0.29) is 0 Å². The predicted molar refractivity (Wildman–Crippen MR) is 584 cm³/mol. The van der Waals surface area contributed by atoms with Gasteiger partial charge in [0, 0.05) is 134 Å². The molecule has 15 nitrogen and oxygen atoms in total. The van der Waals surface area contributed by atoms with Crippen molar-refractivity contribution in [2.24, 2.45) is 0 Å². The number of hydrogen-bond donors (Lipinski definition) is 0. The fourth-order valence-electron chi connectivity index (χ4n) is 21.4. The normalized spacial score (nSPS) is 11.3. The maximum atomic E-state index is 10.0. The molecular weight excluding hydrogens is 1760 g/mol. The number of rotatable bonds is 12. The third-order valence-electron chi connectivity index (χ3n) is 27.7. The average Bonchev–Trinajstić information content (AvgIpc) is 1.53. The SMILES string of the molecule is [C-]#[N+]c1cc(-c2cc(-c3ccccc3)cnc2C#N)ccc1-n1c2ccccc2c2cc3c4ccccc4n(-c4ccccc4)c3cc21.[C-]#[N+]c1cc(-c2cc(-c3ccccc3)cnc2C#N)ccc1-n1c2ccccc2c2ccc3c(c4ccccc4n3-c3ccccc3)c21.[C-]#[N+]c1cc(-c2cc(-c3ccccc3)cnc2C#N)ccc1-n1c2ccccc2c2ccc3c4ccccc4n(-c4ccccc4)c3c21. The fourth-order valence-corrected chi connectivity index (χ4v) is 21.4. The van der Waals surface area contributed by atoms with Crippen molar-refractivity contribution in [3.05, 3.63) is 507 Å². The Balaban J connectivity index is 0.000000113. The van der Waals surface area contributed by atoms with E-state index < -0.39 is 0 Å². The van der Waals surface area contributed by atoms with Gasteiger partial charge in [-0.15, -0.1) is 0 Å². The topological polar surface area (TPSA) is 153 Å². The molecule has 0 atom stereocenters. The Morgan fingerprint density at radius 1 is 0.194 bits per heavy atom. The third kappa shape index (κ3) is 14.0. The quantitative estimate of drug-likeness (QED) is 0.111. The molecule has 0 aliphatic carbocycles. The number of pyridine rings is 3. The fraction of sp³-hybridized carbons (Fsp3) is 0. The van der Waals surface area contributed by atoms with Crippen molar-refractivity contribution in [1.29, 1.82) is 15.8 Å². The van der Waals surface area contributed by atoms with E-state index in [9.17, 15) is 15.8 Å². The van der Waals surface area contributed by atoms with E-state index in [1.165, 1.54) is 16.2 Å². The van der Waals surface area contributed by atoms with E-state index in [1.54, 1.807) is 18.6 Å². The van der Waals surface area contributed by atoms with Crippen molar-refractivity contribution in [2.45, 2.75) is 0 Å². The number of benzene rings is 18. The molecular formula is C129H75N15. The molecule has 0 fully saturated rings.